The van der Waals surface area contributed by atoms with Gasteiger partial charge in [0.15, 0.2) is 8.32 Å². The summed E-state index contributed by atoms with van der Waals surface area (Å²) in [5, 5.41) is 0.244. The molecule has 0 fully saturated rings. The zero-order chi connectivity index (χ0) is 13.1. The third kappa shape index (κ3) is 3.78. The van der Waals surface area contributed by atoms with Crippen LogP contribution in [0.2, 0.25) is 18.1 Å². The van der Waals surface area contributed by atoms with Crippen molar-refractivity contribution in [2.24, 2.45) is 11.8 Å². The molecule has 0 aromatic heterocycles. The molecule has 0 unspecified atom stereocenters. The molecule has 1 rings (SSSR count). The summed E-state index contributed by atoms with van der Waals surface area (Å²) in [5.41, 5.74) is 0. The van der Waals surface area contributed by atoms with Gasteiger partial charge in [-0.2, -0.15) is 0 Å². The van der Waals surface area contributed by atoms with Gasteiger partial charge in [0.2, 0.25) is 0 Å². The molecule has 3 heteroatoms. The Labute approximate surface area is 107 Å². The molecule has 0 spiro atoms. The Bertz CT molecular complexity index is 289. The standard InChI is InChI=1S/C14H26O2Si/c1-14(2,3)17(4,5)16-11-13-9-7-6-8-12(13)10-15/h6-7,10,12-13H,8-9,11H2,1-5H3/t12-,13-/m1/s1. The second kappa shape index (κ2) is 5.49. The van der Waals surface area contributed by atoms with Crippen LogP contribution < -0.4 is 0 Å². The van der Waals surface area contributed by atoms with Gasteiger partial charge in [-0.05, 0) is 36.9 Å². The second-order valence-corrected chi connectivity index (χ2v) is 11.4. The summed E-state index contributed by atoms with van der Waals surface area (Å²) < 4.78 is 6.21. The van der Waals surface area contributed by atoms with E-state index in [4.69, 9.17) is 4.43 Å². The molecule has 0 amide bonds. The van der Waals surface area contributed by atoms with Crippen molar-refractivity contribution in [2.45, 2.75) is 51.7 Å². The normalized spacial score (nSPS) is 25.9. The summed E-state index contributed by atoms with van der Waals surface area (Å²) in [7, 11) is -1.67. The Balaban J connectivity index is 2.55. The van der Waals surface area contributed by atoms with E-state index in [0.29, 0.717) is 5.92 Å². The van der Waals surface area contributed by atoms with E-state index in [1.54, 1.807) is 0 Å². The Morgan fingerprint density at radius 2 is 1.88 bits per heavy atom. The van der Waals surface area contributed by atoms with Crippen LogP contribution >= 0.6 is 0 Å². The maximum Gasteiger partial charge on any atom is 0.191 e. The lowest BCUT2D eigenvalue weighted by molar-refractivity contribution is -0.113. The fourth-order valence-electron chi connectivity index (χ4n) is 1.78. The van der Waals surface area contributed by atoms with Crippen LogP contribution in [-0.2, 0) is 9.22 Å². The van der Waals surface area contributed by atoms with E-state index in [9.17, 15) is 4.79 Å². The zero-order valence-corrected chi connectivity index (χ0v) is 12.8. The molecule has 0 bridgehead atoms. The van der Waals surface area contributed by atoms with E-state index in [0.717, 1.165) is 25.7 Å². The van der Waals surface area contributed by atoms with E-state index < -0.39 is 8.32 Å². The van der Waals surface area contributed by atoms with Crippen LogP contribution in [0.1, 0.15) is 33.6 Å². The monoisotopic (exact) mass is 254 g/mol. The number of hydrogen-bond donors (Lipinski definition) is 0. The molecule has 2 nitrogen and oxygen atoms in total. The van der Waals surface area contributed by atoms with Crippen molar-refractivity contribution in [3.63, 3.8) is 0 Å². The van der Waals surface area contributed by atoms with Gasteiger partial charge < -0.3 is 9.22 Å². The first-order valence-corrected chi connectivity index (χ1v) is 9.43. The minimum Gasteiger partial charge on any atom is -0.417 e. The van der Waals surface area contributed by atoms with Crippen LogP contribution in [0.25, 0.3) is 0 Å². The van der Waals surface area contributed by atoms with Crippen LogP contribution in [0.3, 0.4) is 0 Å². The molecule has 98 valence electrons. The average molecular weight is 254 g/mol. The van der Waals surface area contributed by atoms with E-state index in [1.165, 1.54) is 0 Å². The van der Waals surface area contributed by atoms with Gasteiger partial charge in [0, 0.05) is 12.5 Å². The van der Waals surface area contributed by atoms with Gasteiger partial charge >= 0.3 is 0 Å². The lowest BCUT2D eigenvalue weighted by Gasteiger charge is -2.38. The maximum absolute atomic E-state index is 11.0. The second-order valence-electron chi connectivity index (χ2n) is 6.57. The molecular formula is C14H26O2Si. The molecule has 1 aliphatic carbocycles. The fourth-order valence-corrected chi connectivity index (χ4v) is 2.85. The van der Waals surface area contributed by atoms with E-state index in [1.807, 2.05) is 0 Å². The SMILES string of the molecule is CC(C)(C)[Si](C)(C)OC[C@H]1CC=CC[C@@H]1C=O. The topological polar surface area (TPSA) is 26.3 Å². The predicted octanol–water partition coefficient (Wildman–Crippen LogP) is 3.79. The van der Waals surface area contributed by atoms with Crippen molar-refractivity contribution in [2.75, 3.05) is 6.61 Å². The molecule has 17 heavy (non-hydrogen) atoms. The summed E-state index contributed by atoms with van der Waals surface area (Å²) in [6.07, 6.45) is 7.26. The van der Waals surface area contributed by atoms with E-state index >= 15 is 0 Å². The number of rotatable bonds is 4. The maximum atomic E-state index is 11.0. The number of allylic oxidation sites excluding steroid dienone is 2. The van der Waals surface area contributed by atoms with Crippen LogP contribution in [0.4, 0.5) is 0 Å². The van der Waals surface area contributed by atoms with Gasteiger partial charge in [0.25, 0.3) is 0 Å². The highest BCUT2D eigenvalue weighted by Crippen LogP contribution is 2.37. The zero-order valence-electron chi connectivity index (χ0n) is 11.8. The molecule has 0 saturated carbocycles. The van der Waals surface area contributed by atoms with Crippen LogP contribution in [0, 0.1) is 11.8 Å². The molecule has 0 saturated heterocycles. The highest BCUT2D eigenvalue weighted by Gasteiger charge is 2.38. The summed E-state index contributed by atoms with van der Waals surface area (Å²) >= 11 is 0. The van der Waals surface area contributed by atoms with E-state index in [-0.39, 0.29) is 11.0 Å². The molecule has 0 radical (unpaired) electrons. The van der Waals surface area contributed by atoms with Crippen LogP contribution in [-0.4, -0.2) is 21.2 Å². The Hall–Kier alpha value is -0.413. The van der Waals surface area contributed by atoms with Gasteiger partial charge in [-0.15, -0.1) is 0 Å². The Morgan fingerprint density at radius 1 is 1.29 bits per heavy atom. The number of aldehydes is 1. The van der Waals surface area contributed by atoms with Crippen molar-refractivity contribution in [1.82, 2.24) is 0 Å². The van der Waals surface area contributed by atoms with Crippen molar-refractivity contribution >= 4 is 14.6 Å². The smallest absolute Gasteiger partial charge is 0.191 e. The van der Waals surface area contributed by atoms with Crippen LogP contribution in [0.5, 0.6) is 0 Å². The Kier molecular flexibility index (Phi) is 4.73. The minimum atomic E-state index is -1.67. The van der Waals surface area contributed by atoms with Crippen molar-refractivity contribution in [1.29, 1.82) is 0 Å². The van der Waals surface area contributed by atoms with Crippen molar-refractivity contribution < 1.29 is 9.22 Å². The minimum absolute atomic E-state index is 0.157. The predicted molar refractivity (Wildman–Crippen MR) is 74.6 cm³/mol. The lowest BCUT2D eigenvalue weighted by Crippen LogP contribution is -2.42. The summed E-state index contributed by atoms with van der Waals surface area (Å²) in [5.74, 6) is 0.538. The average Bonchev–Trinajstić information content (AvgIpc) is 2.25. The van der Waals surface area contributed by atoms with Gasteiger partial charge in [0.05, 0.1) is 0 Å². The molecule has 0 aromatic rings. The lowest BCUT2D eigenvalue weighted by atomic mass is 9.85. The molecule has 2 atom stereocenters. The molecule has 0 aliphatic heterocycles. The first kappa shape index (κ1) is 14.6. The van der Waals surface area contributed by atoms with Crippen molar-refractivity contribution in [3.8, 4) is 0 Å². The van der Waals surface area contributed by atoms with E-state index in [2.05, 4.69) is 46.0 Å². The van der Waals surface area contributed by atoms with Crippen molar-refractivity contribution in [3.05, 3.63) is 12.2 Å². The highest BCUT2D eigenvalue weighted by molar-refractivity contribution is 6.74. The van der Waals surface area contributed by atoms with Gasteiger partial charge in [-0.25, -0.2) is 0 Å². The molecule has 0 aromatic carbocycles. The van der Waals surface area contributed by atoms with Gasteiger partial charge in [-0.1, -0.05) is 32.9 Å². The molecule has 0 heterocycles. The molecular weight excluding hydrogens is 228 g/mol. The third-order valence-corrected chi connectivity index (χ3v) is 8.76. The van der Waals surface area contributed by atoms with Gasteiger partial charge in [0.1, 0.15) is 6.29 Å². The number of carbonyl (C=O) groups is 1. The molecule has 1 aliphatic rings. The Morgan fingerprint density at radius 3 is 2.41 bits per heavy atom. The first-order chi connectivity index (χ1) is 7.78. The first-order valence-electron chi connectivity index (χ1n) is 6.52. The van der Waals surface area contributed by atoms with Gasteiger partial charge in [-0.3, -0.25) is 0 Å². The number of carbonyl (C=O) groups excluding carboxylic acids is 1. The highest BCUT2D eigenvalue weighted by atomic mass is 28.4. The summed E-state index contributed by atoms with van der Waals surface area (Å²) in [6.45, 7) is 12.0. The third-order valence-electron chi connectivity index (χ3n) is 4.26. The summed E-state index contributed by atoms with van der Waals surface area (Å²) in [6, 6.07) is 0. The summed E-state index contributed by atoms with van der Waals surface area (Å²) in [4.78, 5) is 11.0. The number of hydrogen-bond acceptors (Lipinski definition) is 2. The van der Waals surface area contributed by atoms with Crippen LogP contribution in [0.15, 0.2) is 12.2 Å². The largest absolute Gasteiger partial charge is 0.417 e. The quantitative estimate of drug-likeness (QED) is 0.433. The molecule has 0 N–H and O–H groups in total. The fraction of sp³-hybridized carbons (Fsp3) is 0.786.